The fourth-order valence-electron chi connectivity index (χ4n) is 0.801. The van der Waals surface area contributed by atoms with Gasteiger partial charge >= 0.3 is 0 Å². The van der Waals surface area contributed by atoms with E-state index in [2.05, 4.69) is 5.43 Å². The van der Waals surface area contributed by atoms with E-state index in [1.807, 2.05) is 0 Å². The van der Waals surface area contributed by atoms with Gasteiger partial charge in [-0.1, -0.05) is 11.6 Å². The van der Waals surface area contributed by atoms with Gasteiger partial charge < -0.3 is 5.43 Å². The number of rotatable bonds is 2. The zero-order valence-electron chi connectivity index (χ0n) is 6.02. The molecule has 0 fully saturated rings. The first kappa shape index (κ1) is 9.22. The SMILES string of the molecule is NNc1ccc(Cl)c(C(F)F)c1. The van der Waals surface area contributed by atoms with Crippen molar-refractivity contribution < 1.29 is 8.78 Å². The molecule has 0 saturated carbocycles. The number of nitrogens with two attached hydrogens (primary N) is 1. The van der Waals surface area contributed by atoms with Crippen LogP contribution in [0.4, 0.5) is 14.5 Å². The monoisotopic (exact) mass is 192 g/mol. The van der Waals surface area contributed by atoms with Crippen LogP contribution in [0.2, 0.25) is 5.02 Å². The van der Waals surface area contributed by atoms with Gasteiger partial charge in [-0.3, -0.25) is 5.84 Å². The summed E-state index contributed by atoms with van der Waals surface area (Å²) in [6, 6.07) is 4.11. The number of nitrogens with one attached hydrogen (secondary N) is 1. The summed E-state index contributed by atoms with van der Waals surface area (Å²) in [6.45, 7) is 0. The lowest BCUT2D eigenvalue weighted by Gasteiger charge is -2.05. The molecule has 0 atom stereocenters. The highest BCUT2D eigenvalue weighted by molar-refractivity contribution is 6.31. The van der Waals surface area contributed by atoms with Crippen molar-refractivity contribution in [1.82, 2.24) is 0 Å². The molecule has 0 aliphatic heterocycles. The summed E-state index contributed by atoms with van der Waals surface area (Å²) in [6.07, 6.45) is -2.58. The van der Waals surface area contributed by atoms with Gasteiger partial charge in [-0.2, -0.15) is 0 Å². The lowest BCUT2D eigenvalue weighted by molar-refractivity contribution is 0.151. The number of hydrogen-bond acceptors (Lipinski definition) is 2. The van der Waals surface area contributed by atoms with Gasteiger partial charge in [0.25, 0.3) is 6.43 Å². The second-order valence-electron chi connectivity index (χ2n) is 2.18. The van der Waals surface area contributed by atoms with Crippen molar-refractivity contribution in [2.24, 2.45) is 5.84 Å². The Balaban J connectivity index is 3.08. The topological polar surface area (TPSA) is 38.0 Å². The van der Waals surface area contributed by atoms with E-state index in [0.717, 1.165) is 0 Å². The van der Waals surface area contributed by atoms with E-state index in [0.29, 0.717) is 5.69 Å². The molecule has 0 aliphatic carbocycles. The Hall–Kier alpha value is -0.870. The van der Waals surface area contributed by atoms with Crippen LogP contribution in [0.5, 0.6) is 0 Å². The molecule has 0 heterocycles. The summed E-state index contributed by atoms with van der Waals surface area (Å²) >= 11 is 5.50. The van der Waals surface area contributed by atoms with Crippen LogP contribution in [-0.2, 0) is 0 Å². The first-order valence-corrected chi connectivity index (χ1v) is 3.57. The quantitative estimate of drug-likeness (QED) is 0.558. The molecule has 0 radical (unpaired) electrons. The summed E-state index contributed by atoms with van der Waals surface area (Å²) in [4.78, 5) is 0. The molecular formula is C7H7ClF2N2. The molecule has 0 amide bonds. The summed E-state index contributed by atoms with van der Waals surface area (Å²) in [5, 5.41) is 0.0454. The Morgan fingerprint density at radius 1 is 1.42 bits per heavy atom. The van der Waals surface area contributed by atoms with Gasteiger partial charge in [0, 0.05) is 16.3 Å². The lowest BCUT2D eigenvalue weighted by atomic mass is 10.2. The molecule has 12 heavy (non-hydrogen) atoms. The van der Waals surface area contributed by atoms with Crippen molar-refractivity contribution in [2.45, 2.75) is 6.43 Å². The molecule has 1 aromatic rings. The average molecular weight is 193 g/mol. The third-order valence-electron chi connectivity index (χ3n) is 1.40. The molecular weight excluding hydrogens is 186 g/mol. The van der Waals surface area contributed by atoms with E-state index in [1.165, 1.54) is 18.2 Å². The number of hydrogen-bond donors (Lipinski definition) is 2. The minimum absolute atomic E-state index is 0.0454. The third kappa shape index (κ3) is 1.84. The molecule has 0 aliphatic rings. The number of anilines is 1. The summed E-state index contributed by atoms with van der Waals surface area (Å²) in [5.74, 6) is 5.03. The first-order valence-electron chi connectivity index (χ1n) is 3.19. The highest BCUT2D eigenvalue weighted by Crippen LogP contribution is 2.28. The van der Waals surface area contributed by atoms with Gasteiger partial charge in [0.2, 0.25) is 0 Å². The van der Waals surface area contributed by atoms with E-state index in [-0.39, 0.29) is 10.6 Å². The normalized spacial score (nSPS) is 10.4. The average Bonchev–Trinajstić information content (AvgIpc) is 2.05. The molecule has 0 aromatic heterocycles. The molecule has 1 aromatic carbocycles. The van der Waals surface area contributed by atoms with Crippen LogP contribution in [0.1, 0.15) is 12.0 Å². The van der Waals surface area contributed by atoms with Gasteiger partial charge in [0.15, 0.2) is 0 Å². The molecule has 0 bridgehead atoms. The molecule has 3 N–H and O–H groups in total. The Morgan fingerprint density at radius 3 is 2.58 bits per heavy atom. The maximum Gasteiger partial charge on any atom is 0.265 e. The summed E-state index contributed by atoms with van der Waals surface area (Å²) < 4.78 is 24.4. The molecule has 0 unspecified atom stereocenters. The van der Waals surface area contributed by atoms with Gasteiger partial charge in [0.05, 0.1) is 0 Å². The first-order chi connectivity index (χ1) is 5.65. The molecule has 2 nitrogen and oxygen atoms in total. The molecule has 66 valence electrons. The van der Waals surface area contributed by atoms with Crippen LogP contribution in [-0.4, -0.2) is 0 Å². The largest absolute Gasteiger partial charge is 0.324 e. The van der Waals surface area contributed by atoms with Gasteiger partial charge in [0.1, 0.15) is 0 Å². The van der Waals surface area contributed by atoms with Gasteiger partial charge in [-0.05, 0) is 18.2 Å². The Labute approximate surface area is 73.3 Å². The van der Waals surface area contributed by atoms with Crippen LogP contribution in [0.3, 0.4) is 0 Å². The highest BCUT2D eigenvalue weighted by Gasteiger charge is 2.11. The van der Waals surface area contributed by atoms with Gasteiger partial charge in [-0.25, -0.2) is 8.78 Å². The molecule has 0 spiro atoms. The second-order valence-corrected chi connectivity index (χ2v) is 2.59. The Morgan fingerprint density at radius 2 is 2.08 bits per heavy atom. The van der Waals surface area contributed by atoms with E-state index >= 15 is 0 Å². The second kappa shape index (κ2) is 3.69. The minimum atomic E-state index is -2.58. The smallest absolute Gasteiger partial charge is 0.265 e. The van der Waals surface area contributed by atoms with Crippen LogP contribution in [0, 0.1) is 0 Å². The van der Waals surface area contributed by atoms with Crippen molar-refractivity contribution in [3.8, 4) is 0 Å². The predicted octanol–water partition coefficient (Wildman–Crippen LogP) is 2.56. The predicted molar refractivity (Wildman–Crippen MR) is 44.2 cm³/mol. The summed E-state index contributed by atoms with van der Waals surface area (Å²) in [7, 11) is 0. The van der Waals surface area contributed by atoms with Crippen molar-refractivity contribution in [1.29, 1.82) is 0 Å². The summed E-state index contributed by atoms with van der Waals surface area (Å²) in [5.41, 5.74) is 2.45. The van der Waals surface area contributed by atoms with E-state index in [9.17, 15) is 8.78 Å². The van der Waals surface area contributed by atoms with Gasteiger partial charge in [-0.15, -0.1) is 0 Å². The third-order valence-corrected chi connectivity index (χ3v) is 1.74. The van der Waals surface area contributed by atoms with Crippen LogP contribution < -0.4 is 11.3 Å². The van der Waals surface area contributed by atoms with E-state index < -0.39 is 6.43 Å². The standard InChI is InChI=1S/C7H7ClF2N2/c8-6-2-1-4(12-11)3-5(6)7(9)10/h1-3,7,12H,11H2. The number of alkyl halides is 2. The van der Waals surface area contributed by atoms with E-state index in [1.54, 1.807) is 0 Å². The zero-order chi connectivity index (χ0) is 9.14. The number of hydrazine groups is 1. The molecule has 1 rings (SSSR count). The Bertz CT molecular complexity index is 278. The van der Waals surface area contributed by atoms with Crippen molar-refractivity contribution in [2.75, 3.05) is 5.43 Å². The highest BCUT2D eigenvalue weighted by atomic mass is 35.5. The maximum atomic E-state index is 12.2. The van der Waals surface area contributed by atoms with Crippen molar-refractivity contribution >= 4 is 17.3 Å². The minimum Gasteiger partial charge on any atom is -0.324 e. The van der Waals surface area contributed by atoms with Crippen LogP contribution >= 0.6 is 11.6 Å². The molecule has 5 heteroatoms. The van der Waals surface area contributed by atoms with Crippen molar-refractivity contribution in [3.05, 3.63) is 28.8 Å². The van der Waals surface area contributed by atoms with Crippen LogP contribution in [0.15, 0.2) is 18.2 Å². The fourth-order valence-corrected chi connectivity index (χ4v) is 1.00. The number of nitrogen functional groups attached to an aromatic ring is 1. The van der Waals surface area contributed by atoms with Crippen LogP contribution in [0.25, 0.3) is 0 Å². The lowest BCUT2D eigenvalue weighted by Crippen LogP contribution is -2.06. The maximum absolute atomic E-state index is 12.2. The number of benzene rings is 1. The molecule has 0 saturated heterocycles. The number of halogens is 3. The Kier molecular flexibility index (Phi) is 2.83. The van der Waals surface area contributed by atoms with E-state index in [4.69, 9.17) is 17.4 Å². The fraction of sp³-hybridized carbons (Fsp3) is 0.143. The van der Waals surface area contributed by atoms with Crippen molar-refractivity contribution in [3.63, 3.8) is 0 Å². The zero-order valence-corrected chi connectivity index (χ0v) is 6.78.